The number of benzene rings is 4. The van der Waals surface area contributed by atoms with Crippen LogP contribution in [0.1, 0.15) is 35.6 Å². The van der Waals surface area contributed by atoms with Gasteiger partial charge in [0.15, 0.2) is 23.1 Å². The van der Waals surface area contributed by atoms with Gasteiger partial charge in [-0.3, -0.25) is 4.18 Å². The summed E-state index contributed by atoms with van der Waals surface area (Å²) in [5.41, 5.74) is 0.663. The van der Waals surface area contributed by atoms with Crippen LogP contribution in [0.4, 0.5) is 13.2 Å². The molecule has 6 rings (SSSR count). The zero-order valence-corrected chi connectivity index (χ0v) is 30.7. The van der Waals surface area contributed by atoms with Crippen LogP contribution in [0.3, 0.4) is 0 Å². The van der Waals surface area contributed by atoms with Crippen LogP contribution in [0.15, 0.2) is 109 Å². The van der Waals surface area contributed by atoms with Crippen molar-refractivity contribution in [2.24, 2.45) is 0 Å². The van der Waals surface area contributed by atoms with E-state index in [4.69, 9.17) is 23.1 Å². The molecule has 0 aliphatic carbocycles. The van der Waals surface area contributed by atoms with E-state index in [0.29, 0.717) is 0 Å². The Hall–Kier alpha value is -4.95. The predicted octanol–water partition coefficient (Wildman–Crippen LogP) is 6.71. The standard InChI is InChI=1S/C40H39F3N4O7S/c1-55(48,49)53-19-11-18-40(27-44)39(52-25-30-16-9-4-10-17-30)37(47-22-34(45-46-47)31-20-32(41)36(43)33(42)21-31)38(51-24-29-14-7-3-8-15-29)35(54-40)26-50-23-28-12-5-2-6-13-28/h2-10,12-17,20-22,35,37-39H,11,18-19,23-26H2,1H3/t35-,37+,38+,39-,40-/m1/s1. The van der Waals surface area contributed by atoms with Crippen molar-refractivity contribution >= 4 is 10.1 Å². The highest BCUT2D eigenvalue weighted by Crippen LogP contribution is 2.43. The van der Waals surface area contributed by atoms with E-state index in [1.54, 1.807) is 0 Å². The molecule has 1 saturated heterocycles. The molecule has 55 heavy (non-hydrogen) atoms. The van der Waals surface area contributed by atoms with E-state index in [1.165, 1.54) is 10.9 Å². The predicted molar refractivity (Wildman–Crippen MR) is 194 cm³/mol. The molecular weight excluding hydrogens is 738 g/mol. The van der Waals surface area contributed by atoms with E-state index in [-0.39, 0.29) is 57.1 Å². The summed E-state index contributed by atoms with van der Waals surface area (Å²) in [5.74, 6) is -4.43. The van der Waals surface area contributed by atoms with E-state index < -0.39 is 57.5 Å². The minimum Gasteiger partial charge on any atom is -0.374 e. The minimum absolute atomic E-state index is 0.00824. The molecule has 5 aromatic rings. The summed E-state index contributed by atoms with van der Waals surface area (Å²) in [4.78, 5) is 0. The van der Waals surface area contributed by atoms with Gasteiger partial charge in [-0.2, -0.15) is 13.7 Å². The van der Waals surface area contributed by atoms with Crippen molar-refractivity contribution in [2.45, 2.75) is 62.6 Å². The van der Waals surface area contributed by atoms with Crippen molar-refractivity contribution in [3.8, 4) is 17.3 Å². The highest BCUT2D eigenvalue weighted by molar-refractivity contribution is 7.85. The summed E-state index contributed by atoms with van der Waals surface area (Å²) in [7, 11) is -3.79. The van der Waals surface area contributed by atoms with E-state index >= 15 is 0 Å². The molecule has 0 saturated carbocycles. The summed E-state index contributed by atoms with van der Waals surface area (Å²) < 4.78 is 98.9. The number of hydrogen-bond acceptors (Lipinski definition) is 10. The summed E-state index contributed by atoms with van der Waals surface area (Å²) in [6.07, 6.45) is -0.690. The number of nitrogens with zero attached hydrogens (tertiary/aromatic N) is 4. The molecule has 1 aliphatic rings. The van der Waals surface area contributed by atoms with Gasteiger partial charge in [0.05, 0.1) is 45.5 Å². The largest absolute Gasteiger partial charge is 0.374 e. The van der Waals surface area contributed by atoms with Crippen molar-refractivity contribution in [1.82, 2.24) is 15.0 Å². The maximum absolute atomic E-state index is 14.4. The Balaban J connectivity index is 1.44. The Morgan fingerprint density at radius 3 is 1.98 bits per heavy atom. The second kappa shape index (κ2) is 18.1. The number of ether oxygens (including phenoxy) is 4. The third-order valence-corrected chi connectivity index (χ3v) is 9.66. The van der Waals surface area contributed by atoms with Crippen molar-refractivity contribution in [3.63, 3.8) is 0 Å². The quantitative estimate of drug-likeness (QED) is 0.0570. The smallest absolute Gasteiger partial charge is 0.264 e. The fourth-order valence-electron chi connectivity index (χ4n) is 6.47. The fraction of sp³-hybridized carbons (Fsp3) is 0.325. The van der Waals surface area contributed by atoms with E-state index in [9.17, 15) is 26.9 Å². The lowest BCUT2D eigenvalue weighted by molar-refractivity contribution is -0.266. The molecule has 5 atom stereocenters. The van der Waals surface area contributed by atoms with Crippen molar-refractivity contribution in [2.75, 3.05) is 19.5 Å². The molecule has 1 aliphatic heterocycles. The van der Waals surface area contributed by atoms with Gasteiger partial charge in [0.1, 0.15) is 36.1 Å². The first-order valence-electron chi connectivity index (χ1n) is 17.5. The molecule has 0 N–H and O–H groups in total. The first-order chi connectivity index (χ1) is 26.5. The zero-order valence-electron chi connectivity index (χ0n) is 29.8. The Labute approximate surface area is 317 Å². The lowest BCUT2D eigenvalue weighted by atomic mass is 9.80. The SMILES string of the molecule is CS(=O)(=O)OCCC[C@]1(C#N)O[C@H](COCc2ccccc2)[C@H](OCc2ccccc2)[C@H](n2cc(-c3cc(F)c(F)c(F)c3)nn2)[C@H]1OCc1ccccc1. The molecule has 2 heterocycles. The van der Waals surface area contributed by atoms with Gasteiger partial charge in [-0.25, -0.2) is 17.9 Å². The maximum atomic E-state index is 14.4. The summed E-state index contributed by atoms with van der Waals surface area (Å²) in [6, 6.07) is 31.0. The molecule has 4 aromatic carbocycles. The Morgan fingerprint density at radius 2 is 1.42 bits per heavy atom. The summed E-state index contributed by atoms with van der Waals surface area (Å²) in [5, 5.41) is 19.6. The van der Waals surface area contributed by atoms with E-state index in [2.05, 4.69) is 16.4 Å². The van der Waals surface area contributed by atoms with Crippen LogP contribution in [0.25, 0.3) is 11.3 Å². The van der Waals surface area contributed by atoms with Crippen LogP contribution in [0, 0.1) is 28.8 Å². The highest BCUT2D eigenvalue weighted by Gasteiger charge is 2.57. The number of aromatic nitrogens is 3. The molecular formula is C40H39F3N4O7S. The van der Waals surface area contributed by atoms with Gasteiger partial charge in [0.25, 0.3) is 10.1 Å². The normalized spacial score (nSPS) is 21.3. The van der Waals surface area contributed by atoms with Crippen molar-refractivity contribution in [3.05, 3.63) is 143 Å². The van der Waals surface area contributed by atoms with Gasteiger partial charge in [0.2, 0.25) is 0 Å². The second-order valence-electron chi connectivity index (χ2n) is 13.1. The minimum atomic E-state index is -3.79. The van der Waals surface area contributed by atoms with E-state index in [0.717, 1.165) is 35.1 Å². The van der Waals surface area contributed by atoms with Gasteiger partial charge in [-0.1, -0.05) is 96.2 Å². The van der Waals surface area contributed by atoms with Crippen molar-refractivity contribution in [1.29, 1.82) is 5.26 Å². The number of halogens is 3. The molecule has 0 amide bonds. The third-order valence-electron chi connectivity index (χ3n) is 9.06. The van der Waals surface area contributed by atoms with Crippen LogP contribution < -0.4 is 0 Å². The number of hydrogen-bond donors (Lipinski definition) is 0. The first-order valence-corrected chi connectivity index (χ1v) is 19.3. The maximum Gasteiger partial charge on any atom is 0.264 e. The van der Waals surface area contributed by atoms with Crippen LogP contribution in [-0.4, -0.2) is 66.8 Å². The Kier molecular flexibility index (Phi) is 13.1. The lowest BCUT2D eigenvalue weighted by Crippen LogP contribution is -2.63. The summed E-state index contributed by atoms with van der Waals surface area (Å²) in [6.45, 7) is 0.0336. The first kappa shape index (κ1) is 39.7. The third kappa shape index (κ3) is 10.2. The molecule has 1 aromatic heterocycles. The molecule has 288 valence electrons. The second-order valence-corrected chi connectivity index (χ2v) is 14.7. The fourth-order valence-corrected chi connectivity index (χ4v) is 6.89. The molecule has 1 fully saturated rings. The van der Waals surface area contributed by atoms with Gasteiger partial charge in [-0.05, 0) is 41.7 Å². The van der Waals surface area contributed by atoms with Gasteiger partial charge in [-0.15, -0.1) is 5.10 Å². The highest BCUT2D eigenvalue weighted by atomic mass is 32.2. The Morgan fingerprint density at radius 1 is 0.855 bits per heavy atom. The lowest BCUT2D eigenvalue weighted by Gasteiger charge is -2.50. The van der Waals surface area contributed by atoms with Gasteiger partial charge < -0.3 is 18.9 Å². The topological polar surface area (TPSA) is 135 Å². The molecule has 0 radical (unpaired) electrons. The van der Waals surface area contributed by atoms with Crippen LogP contribution >= 0.6 is 0 Å². The van der Waals surface area contributed by atoms with Crippen LogP contribution in [0.2, 0.25) is 0 Å². The molecule has 0 bridgehead atoms. The molecule has 0 spiro atoms. The van der Waals surface area contributed by atoms with Gasteiger partial charge in [0, 0.05) is 5.56 Å². The number of rotatable bonds is 17. The van der Waals surface area contributed by atoms with Crippen LogP contribution in [0.5, 0.6) is 0 Å². The Bertz CT molecular complexity index is 2130. The van der Waals surface area contributed by atoms with Crippen LogP contribution in [-0.2, 0) is 53.1 Å². The molecule has 15 heteroatoms. The van der Waals surface area contributed by atoms with E-state index in [1.807, 2.05) is 91.0 Å². The van der Waals surface area contributed by atoms with Crippen molar-refractivity contribution < 1.29 is 44.7 Å². The summed E-state index contributed by atoms with van der Waals surface area (Å²) >= 11 is 0. The molecule has 11 nitrogen and oxygen atoms in total. The monoisotopic (exact) mass is 776 g/mol. The average molecular weight is 777 g/mol. The average Bonchev–Trinajstić information content (AvgIpc) is 3.68. The van der Waals surface area contributed by atoms with Gasteiger partial charge >= 0.3 is 0 Å². The zero-order chi connectivity index (χ0) is 38.8. The number of nitriles is 1. The molecule has 0 unspecified atom stereocenters.